The molecule has 1 saturated heterocycles. The van der Waals surface area contributed by atoms with E-state index in [0.717, 1.165) is 38.2 Å². The second-order valence-corrected chi connectivity index (χ2v) is 7.54. The van der Waals surface area contributed by atoms with Crippen molar-refractivity contribution in [3.8, 4) is 6.07 Å². The fourth-order valence-electron chi connectivity index (χ4n) is 3.22. The highest BCUT2D eigenvalue weighted by Crippen LogP contribution is 2.20. The van der Waals surface area contributed by atoms with E-state index in [1.165, 1.54) is 11.8 Å². The highest BCUT2D eigenvalue weighted by Gasteiger charge is 2.17. The second-order valence-electron chi connectivity index (χ2n) is 7.13. The van der Waals surface area contributed by atoms with Crippen molar-refractivity contribution >= 4 is 23.2 Å². The number of benzene rings is 2. The molecule has 3 N–H and O–H groups in total. The molecule has 0 saturated carbocycles. The summed E-state index contributed by atoms with van der Waals surface area (Å²) >= 11 is 6.09. The number of anilines is 1. The number of piperazine rings is 1. The predicted octanol–water partition coefficient (Wildman–Crippen LogP) is 3.51. The Balaban J connectivity index is 0.000000176. The average molecular weight is 434 g/mol. The molecule has 1 aromatic heterocycles. The normalized spacial score (nSPS) is 13.0. The lowest BCUT2D eigenvalue weighted by Gasteiger charge is -2.27. The van der Waals surface area contributed by atoms with Crippen molar-refractivity contribution in [1.82, 2.24) is 15.2 Å². The number of nitriles is 1. The van der Waals surface area contributed by atoms with Crippen LogP contribution in [0.1, 0.15) is 27.0 Å². The Bertz CT molecular complexity index is 1060. The molecule has 158 valence electrons. The van der Waals surface area contributed by atoms with E-state index in [0.29, 0.717) is 21.8 Å². The fourth-order valence-corrected chi connectivity index (χ4v) is 3.41. The van der Waals surface area contributed by atoms with Crippen LogP contribution in [0.5, 0.6) is 0 Å². The average Bonchev–Trinajstić information content (AvgIpc) is 2.82. The van der Waals surface area contributed by atoms with Crippen molar-refractivity contribution in [3.05, 3.63) is 94.3 Å². The molecule has 31 heavy (non-hydrogen) atoms. The third-order valence-electron chi connectivity index (χ3n) is 4.82. The zero-order valence-electron chi connectivity index (χ0n) is 17.1. The molecule has 0 unspecified atom stereocenters. The Kier molecular flexibility index (Phi) is 7.99. The minimum atomic E-state index is 0.0105. The zero-order valence-corrected chi connectivity index (χ0v) is 17.8. The second kappa shape index (κ2) is 11.1. The highest BCUT2D eigenvalue weighted by molar-refractivity contribution is 6.31. The van der Waals surface area contributed by atoms with Crippen LogP contribution in [0.4, 0.5) is 5.69 Å². The van der Waals surface area contributed by atoms with Crippen LogP contribution in [0.25, 0.3) is 0 Å². The van der Waals surface area contributed by atoms with Gasteiger partial charge in [0.1, 0.15) is 0 Å². The molecule has 7 heteroatoms. The van der Waals surface area contributed by atoms with Crippen LogP contribution >= 0.6 is 11.6 Å². The van der Waals surface area contributed by atoms with Gasteiger partial charge >= 0.3 is 0 Å². The number of nitrogen functional groups attached to an aromatic ring is 1. The van der Waals surface area contributed by atoms with Crippen molar-refractivity contribution in [2.45, 2.75) is 6.42 Å². The van der Waals surface area contributed by atoms with Gasteiger partial charge in [-0.05, 0) is 41.8 Å². The zero-order chi connectivity index (χ0) is 22.1. The maximum Gasteiger partial charge on any atom is 0.255 e. The van der Waals surface area contributed by atoms with Crippen LogP contribution in [-0.2, 0) is 6.42 Å². The quantitative estimate of drug-likeness (QED) is 0.659. The summed E-state index contributed by atoms with van der Waals surface area (Å²) in [6.45, 7) is 3.18. The van der Waals surface area contributed by atoms with E-state index in [-0.39, 0.29) is 5.91 Å². The van der Waals surface area contributed by atoms with Crippen LogP contribution < -0.4 is 11.1 Å². The van der Waals surface area contributed by atoms with Crippen LogP contribution in [0.2, 0.25) is 5.02 Å². The molecule has 1 amide bonds. The molecular weight excluding hydrogens is 410 g/mol. The number of amides is 1. The molecule has 2 heterocycles. The third kappa shape index (κ3) is 6.54. The van der Waals surface area contributed by atoms with Gasteiger partial charge in [-0.3, -0.25) is 9.78 Å². The highest BCUT2D eigenvalue weighted by atomic mass is 35.5. The first-order chi connectivity index (χ1) is 15.1. The van der Waals surface area contributed by atoms with Gasteiger partial charge in [0.15, 0.2) is 0 Å². The first-order valence-electron chi connectivity index (χ1n) is 10.00. The number of rotatable bonds is 3. The number of halogens is 1. The van der Waals surface area contributed by atoms with E-state index in [9.17, 15) is 4.79 Å². The van der Waals surface area contributed by atoms with E-state index in [1.807, 2.05) is 29.2 Å². The first-order valence-corrected chi connectivity index (χ1v) is 10.4. The van der Waals surface area contributed by atoms with Gasteiger partial charge in [-0.25, -0.2) is 0 Å². The lowest BCUT2D eigenvalue weighted by molar-refractivity contribution is 0.0735. The van der Waals surface area contributed by atoms with Crippen LogP contribution in [0, 0.1) is 11.3 Å². The number of pyridine rings is 1. The molecule has 0 radical (unpaired) electrons. The summed E-state index contributed by atoms with van der Waals surface area (Å²) < 4.78 is 0. The smallest absolute Gasteiger partial charge is 0.255 e. The number of nitrogens with zero attached hydrogens (tertiary/aromatic N) is 3. The van der Waals surface area contributed by atoms with Gasteiger partial charge in [0, 0.05) is 43.6 Å². The standard InChI is InChI=1S/C14H10ClN.C10H14N4O/c15-14-7-6-12(10-16)9-13(14)8-11-4-2-1-3-5-11;11-9-5-8(6-13-7-9)10(15)14-3-1-12-2-4-14/h1-7,9H,8H2;5-7,12H,1-4,11H2. The molecule has 6 nitrogen and oxygen atoms in total. The Morgan fingerprint density at radius 3 is 2.55 bits per heavy atom. The number of hydrogen-bond acceptors (Lipinski definition) is 5. The monoisotopic (exact) mass is 433 g/mol. The lowest BCUT2D eigenvalue weighted by atomic mass is 10.0. The first kappa shape index (κ1) is 22.3. The Hall–Kier alpha value is -3.40. The van der Waals surface area contributed by atoms with Gasteiger partial charge in [0.25, 0.3) is 5.91 Å². The minimum absolute atomic E-state index is 0.0105. The molecule has 0 aliphatic carbocycles. The van der Waals surface area contributed by atoms with Crippen molar-refractivity contribution in [2.24, 2.45) is 0 Å². The SMILES string of the molecule is N#Cc1ccc(Cl)c(Cc2ccccc2)c1.Nc1cncc(C(=O)N2CCNCC2)c1. The van der Waals surface area contributed by atoms with Gasteiger partial charge in [-0.1, -0.05) is 41.9 Å². The summed E-state index contributed by atoms with van der Waals surface area (Å²) in [6, 6.07) is 19.2. The number of nitrogens with two attached hydrogens (primary N) is 1. The maximum absolute atomic E-state index is 12.0. The number of carbonyl (C=O) groups is 1. The van der Waals surface area contributed by atoms with Crippen LogP contribution in [0.15, 0.2) is 67.0 Å². The summed E-state index contributed by atoms with van der Waals surface area (Å²) in [5, 5.41) is 12.7. The lowest BCUT2D eigenvalue weighted by Crippen LogP contribution is -2.46. The predicted molar refractivity (Wildman–Crippen MR) is 123 cm³/mol. The number of carbonyl (C=O) groups excluding carboxylic acids is 1. The van der Waals surface area contributed by atoms with Gasteiger partial charge in [-0.15, -0.1) is 0 Å². The molecule has 0 spiro atoms. The van der Waals surface area contributed by atoms with Crippen molar-refractivity contribution < 1.29 is 4.79 Å². The number of hydrogen-bond donors (Lipinski definition) is 2. The third-order valence-corrected chi connectivity index (χ3v) is 5.19. The summed E-state index contributed by atoms with van der Waals surface area (Å²) in [5.41, 5.74) is 9.51. The Labute approximate surface area is 187 Å². The van der Waals surface area contributed by atoms with Gasteiger partial charge < -0.3 is 16.0 Å². The number of nitrogens with one attached hydrogen (secondary N) is 1. The van der Waals surface area contributed by atoms with E-state index < -0.39 is 0 Å². The van der Waals surface area contributed by atoms with Crippen molar-refractivity contribution in [3.63, 3.8) is 0 Å². The van der Waals surface area contributed by atoms with Crippen molar-refractivity contribution in [2.75, 3.05) is 31.9 Å². The van der Waals surface area contributed by atoms with E-state index in [1.54, 1.807) is 24.4 Å². The molecule has 2 aromatic carbocycles. The molecule has 1 fully saturated rings. The van der Waals surface area contributed by atoms with Gasteiger partial charge in [0.05, 0.1) is 22.9 Å². The maximum atomic E-state index is 12.0. The fraction of sp³-hybridized carbons (Fsp3) is 0.208. The largest absolute Gasteiger partial charge is 0.397 e. The molecule has 3 aromatic rings. The summed E-state index contributed by atoms with van der Waals surface area (Å²) in [6.07, 6.45) is 3.85. The molecule has 1 aliphatic rings. The Morgan fingerprint density at radius 2 is 1.87 bits per heavy atom. The molecule has 0 bridgehead atoms. The van der Waals surface area contributed by atoms with Gasteiger partial charge in [-0.2, -0.15) is 5.26 Å². The van der Waals surface area contributed by atoms with Gasteiger partial charge in [0.2, 0.25) is 0 Å². The molecule has 0 atom stereocenters. The summed E-state index contributed by atoms with van der Waals surface area (Å²) in [7, 11) is 0. The summed E-state index contributed by atoms with van der Waals surface area (Å²) in [5.74, 6) is 0.0105. The van der Waals surface area contributed by atoms with E-state index in [2.05, 4.69) is 28.5 Å². The molecule has 4 rings (SSSR count). The van der Waals surface area contributed by atoms with Crippen LogP contribution in [-0.4, -0.2) is 42.0 Å². The van der Waals surface area contributed by atoms with E-state index in [4.69, 9.17) is 22.6 Å². The van der Waals surface area contributed by atoms with E-state index >= 15 is 0 Å². The van der Waals surface area contributed by atoms with Crippen molar-refractivity contribution in [1.29, 1.82) is 5.26 Å². The molecule has 1 aliphatic heterocycles. The topological polar surface area (TPSA) is 95.0 Å². The summed E-state index contributed by atoms with van der Waals surface area (Å²) in [4.78, 5) is 17.7. The Morgan fingerprint density at radius 1 is 1.13 bits per heavy atom. The number of aromatic nitrogens is 1. The van der Waals surface area contributed by atoms with Crippen LogP contribution in [0.3, 0.4) is 0 Å². The minimum Gasteiger partial charge on any atom is -0.397 e. The molecular formula is C24H24ClN5O.